The van der Waals surface area contributed by atoms with Crippen molar-refractivity contribution in [1.82, 2.24) is 10.6 Å². The van der Waals surface area contributed by atoms with Gasteiger partial charge in [-0.15, -0.1) is 0 Å². The maximum Gasteiger partial charge on any atom is 0.251 e. The predicted molar refractivity (Wildman–Crippen MR) is 116 cm³/mol. The molecule has 0 saturated carbocycles. The van der Waals surface area contributed by atoms with Crippen LogP contribution in [0.1, 0.15) is 42.1 Å². The number of aliphatic hydroxyl groups excluding tert-OH is 1. The molecule has 2 unspecified atom stereocenters. The van der Waals surface area contributed by atoms with Crippen molar-refractivity contribution in [3.8, 4) is 0 Å². The van der Waals surface area contributed by atoms with E-state index in [1.54, 1.807) is 12.1 Å². The molecule has 0 aliphatic heterocycles. The normalized spacial score (nSPS) is 12.6. The molecule has 2 atom stereocenters. The van der Waals surface area contributed by atoms with Crippen LogP contribution in [0.15, 0.2) is 60.7 Å². The average molecular weight is 411 g/mol. The van der Waals surface area contributed by atoms with Gasteiger partial charge in [-0.25, -0.2) is 0 Å². The quantitative estimate of drug-likeness (QED) is 0.501. The maximum atomic E-state index is 12.0. The molecule has 30 heavy (non-hydrogen) atoms. The predicted octanol–water partition coefficient (Wildman–Crippen LogP) is 2.51. The third-order valence-corrected chi connectivity index (χ3v) is 4.89. The fourth-order valence-corrected chi connectivity index (χ4v) is 2.94. The Morgan fingerprint density at radius 3 is 2.20 bits per heavy atom. The maximum absolute atomic E-state index is 12.0. The van der Waals surface area contributed by atoms with E-state index < -0.39 is 6.10 Å². The minimum Gasteiger partial charge on any atom is -0.385 e. The van der Waals surface area contributed by atoms with Crippen LogP contribution >= 0.6 is 0 Å². The summed E-state index contributed by atoms with van der Waals surface area (Å²) in [7, 11) is 0. The largest absolute Gasteiger partial charge is 0.385 e. The number of ketones is 1. The first kappa shape index (κ1) is 23.3. The highest BCUT2D eigenvalue weighted by molar-refractivity contribution is 5.94. The average Bonchev–Trinajstić information content (AvgIpc) is 2.79. The first-order chi connectivity index (χ1) is 14.5. The van der Waals surface area contributed by atoms with E-state index in [-0.39, 0.29) is 36.5 Å². The Hall–Kier alpha value is -2.99. The van der Waals surface area contributed by atoms with Crippen molar-refractivity contribution >= 4 is 17.6 Å². The zero-order chi connectivity index (χ0) is 21.8. The molecule has 160 valence electrons. The van der Waals surface area contributed by atoms with Crippen molar-refractivity contribution in [3.05, 3.63) is 71.8 Å². The van der Waals surface area contributed by atoms with E-state index in [1.165, 1.54) is 0 Å². The lowest BCUT2D eigenvalue weighted by Gasteiger charge is -2.13. The summed E-state index contributed by atoms with van der Waals surface area (Å²) < 4.78 is 0. The highest BCUT2D eigenvalue weighted by Crippen LogP contribution is 2.07. The lowest BCUT2D eigenvalue weighted by Crippen LogP contribution is -2.36. The molecule has 6 heteroatoms. The van der Waals surface area contributed by atoms with Gasteiger partial charge in [0.05, 0.1) is 6.54 Å². The number of nitrogens with one attached hydrogen (secondary N) is 2. The van der Waals surface area contributed by atoms with Gasteiger partial charge in [0.15, 0.2) is 5.78 Å². The van der Waals surface area contributed by atoms with Gasteiger partial charge in [0.25, 0.3) is 5.91 Å². The molecule has 6 nitrogen and oxygen atoms in total. The van der Waals surface area contributed by atoms with E-state index in [4.69, 9.17) is 0 Å². The first-order valence-electron chi connectivity index (χ1n) is 10.3. The number of rotatable bonds is 12. The van der Waals surface area contributed by atoms with Gasteiger partial charge < -0.3 is 15.7 Å². The van der Waals surface area contributed by atoms with E-state index in [0.717, 1.165) is 5.56 Å². The van der Waals surface area contributed by atoms with E-state index in [2.05, 4.69) is 10.6 Å². The van der Waals surface area contributed by atoms with Gasteiger partial charge in [-0.2, -0.15) is 0 Å². The van der Waals surface area contributed by atoms with E-state index in [1.807, 2.05) is 55.5 Å². The molecule has 2 aromatic carbocycles. The van der Waals surface area contributed by atoms with Crippen molar-refractivity contribution in [2.45, 2.75) is 38.7 Å². The van der Waals surface area contributed by atoms with Crippen LogP contribution in [0.25, 0.3) is 0 Å². The molecule has 0 radical (unpaired) electrons. The van der Waals surface area contributed by atoms with Crippen LogP contribution in [0.3, 0.4) is 0 Å². The van der Waals surface area contributed by atoms with Crippen LogP contribution in [0.5, 0.6) is 0 Å². The number of benzene rings is 2. The molecule has 2 amide bonds. The second kappa shape index (κ2) is 12.5. The molecule has 2 rings (SSSR count). The van der Waals surface area contributed by atoms with E-state index in [9.17, 15) is 19.5 Å². The summed E-state index contributed by atoms with van der Waals surface area (Å²) in [5.41, 5.74) is 1.66. The third-order valence-electron chi connectivity index (χ3n) is 4.89. The standard InChI is InChI=1S/C24H30N2O4/c1-18(16-26-24(30)20-10-6-3-7-11-20)12-15-23(29)25-17-22(28)21(27)14-13-19-8-4-2-5-9-19/h2-11,18,21,27H,12-17H2,1H3,(H,25,29)(H,26,30). The summed E-state index contributed by atoms with van der Waals surface area (Å²) in [6.45, 7) is 2.25. The zero-order valence-electron chi connectivity index (χ0n) is 17.3. The number of amides is 2. The molecule has 0 aromatic heterocycles. The number of aliphatic hydroxyl groups is 1. The van der Waals surface area contributed by atoms with Crippen LogP contribution in [0, 0.1) is 5.92 Å². The number of carbonyl (C=O) groups excluding carboxylic acids is 3. The summed E-state index contributed by atoms with van der Waals surface area (Å²) in [5, 5.41) is 15.4. The summed E-state index contributed by atoms with van der Waals surface area (Å²) in [6, 6.07) is 18.6. The smallest absolute Gasteiger partial charge is 0.251 e. The fraction of sp³-hybridized carbons (Fsp3) is 0.375. The van der Waals surface area contributed by atoms with Gasteiger partial charge in [0, 0.05) is 18.5 Å². The van der Waals surface area contributed by atoms with Crippen molar-refractivity contribution < 1.29 is 19.5 Å². The van der Waals surface area contributed by atoms with Crippen LogP contribution in [-0.2, 0) is 16.0 Å². The first-order valence-corrected chi connectivity index (χ1v) is 10.3. The molecule has 0 saturated heterocycles. The topological polar surface area (TPSA) is 95.5 Å². The highest BCUT2D eigenvalue weighted by Gasteiger charge is 2.16. The summed E-state index contributed by atoms with van der Waals surface area (Å²) in [4.78, 5) is 36.0. The van der Waals surface area contributed by atoms with Crippen LogP contribution in [0.2, 0.25) is 0 Å². The second-order valence-corrected chi connectivity index (χ2v) is 7.50. The number of Topliss-reactive ketones (excluding diaryl/α,β-unsaturated/α-hetero) is 1. The van der Waals surface area contributed by atoms with Gasteiger partial charge in [-0.05, 0) is 42.9 Å². The lowest BCUT2D eigenvalue weighted by molar-refractivity contribution is -0.129. The molecule has 0 aliphatic rings. The second-order valence-electron chi connectivity index (χ2n) is 7.50. The van der Waals surface area contributed by atoms with Crippen LogP contribution in [-0.4, -0.2) is 41.9 Å². The lowest BCUT2D eigenvalue weighted by atomic mass is 10.0. The molecule has 0 heterocycles. The van der Waals surface area contributed by atoms with Crippen LogP contribution in [0.4, 0.5) is 0 Å². The molecule has 3 N–H and O–H groups in total. The number of hydrogen-bond donors (Lipinski definition) is 3. The molecular formula is C24H30N2O4. The Bertz CT molecular complexity index is 808. The Labute approximate surface area is 177 Å². The third kappa shape index (κ3) is 8.57. The van der Waals surface area contributed by atoms with Crippen molar-refractivity contribution in [1.29, 1.82) is 0 Å². The molecule has 0 fully saturated rings. The molecule has 2 aromatic rings. The van der Waals surface area contributed by atoms with Crippen molar-refractivity contribution in [3.63, 3.8) is 0 Å². The highest BCUT2D eigenvalue weighted by atomic mass is 16.3. The zero-order valence-corrected chi connectivity index (χ0v) is 17.3. The molecule has 0 spiro atoms. The van der Waals surface area contributed by atoms with Gasteiger partial charge in [-0.3, -0.25) is 14.4 Å². The number of carbonyl (C=O) groups is 3. The molecule has 0 bridgehead atoms. The Balaban J connectivity index is 1.59. The Kier molecular flexibility index (Phi) is 9.74. The summed E-state index contributed by atoms with van der Waals surface area (Å²) >= 11 is 0. The minimum absolute atomic E-state index is 0.121. The van der Waals surface area contributed by atoms with Gasteiger partial charge in [0.2, 0.25) is 5.91 Å². The summed E-state index contributed by atoms with van der Waals surface area (Å²) in [5.74, 6) is -0.639. The van der Waals surface area contributed by atoms with Gasteiger partial charge in [-0.1, -0.05) is 55.5 Å². The SMILES string of the molecule is CC(CCC(=O)NCC(=O)C(O)CCc1ccccc1)CNC(=O)c1ccccc1. The van der Waals surface area contributed by atoms with Crippen molar-refractivity contribution in [2.24, 2.45) is 5.92 Å². The van der Waals surface area contributed by atoms with Crippen LogP contribution < -0.4 is 10.6 Å². The van der Waals surface area contributed by atoms with Gasteiger partial charge in [0.1, 0.15) is 6.10 Å². The number of hydrogen-bond acceptors (Lipinski definition) is 4. The summed E-state index contributed by atoms with van der Waals surface area (Å²) in [6.07, 6.45) is 0.698. The molecule has 0 aliphatic carbocycles. The van der Waals surface area contributed by atoms with E-state index >= 15 is 0 Å². The van der Waals surface area contributed by atoms with Gasteiger partial charge >= 0.3 is 0 Å². The fourth-order valence-electron chi connectivity index (χ4n) is 2.94. The molecular weight excluding hydrogens is 380 g/mol. The Morgan fingerprint density at radius 1 is 0.900 bits per heavy atom. The monoisotopic (exact) mass is 410 g/mol. The number of aryl methyl sites for hydroxylation is 1. The van der Waals surface area contributed by atoms with Crippen molar-refractivity contribution in [2.75, 3.05) is 13.1 Å². The minimum atomic E-state index is -1.09. The van der Waals surface area contributed by atoms with E-state index in [0.29, 0.717) is 31.4 Å². The Morgan fingerprint density at radius 2 is 1.53 bits per heavy atom.